The van der Waals surface area contributed by atoms with Crippen molar-refractivity contribution in [1.82, 2.24) is 10.2 Å². The molecule has 0 radical (unpaired) electrons. The summed E-state index contributed by atoms with van der Waals surface area (Å²) in [6.07, 6.45) is 4.52. The van der Waals surface area contributed by atoms with Crippen molar-refractivity contribution in [3.8, 4) is 0 Å². The highest BCUT2D eigenvalue weighted by atomic mass is 32.2. The molecule has 1 heterocycles. The van der Waals surface area contributed by atoms with Crippen molar-refractivity contribution < 1.29 is 8.42 Å². The SMILES string of the molecule is CCCNCC1CCCN(CCCS(=O)(=O)CC)C1. The molecule has 0 bridgehead atoms. The Morgan fingerprint density at radius 3 is 2.79 bits per heavy atom. The van der Waals surface area contributed by atoms with Crippen LogP contribution in [0.15, 0.2) is 0 Å². The molecule has 1 unspecified atom stereocenters. The van der Waals surface area contributed by atoms with Gasteiger partial charge in [0.15, 0.2) is 0 Å². The standard InChI is InChI=1S/C14H30N2O2S/c1-3-8-15-12-14-7-5-9-16(13-14)10-6-11-19(17,18)4-2/h14-15H,3-13H2,1-2H3. The van der Waals surface area contributed by atoms with Gasteiger partial charge < -0.3 is 10.2 Å². The summed E-state index contributed by atoms with van der Waals surface area (Å²) in [5.41, 5.74) is 0. The molecule has 114 valence electrons. The Morgan fingerprint density at radius 1 is 1.32 bits per heavy atom. The predicted molar refractivity (Wildman–Crippen MR) is 81.3 cm³/mol. The molecular weight excluding hydrogens is 260 g/mol. The molecule has 1 aliphatic heterocycles. The van der Waals surface area contributed by atoms with Gasteiger partial charge in [0.05, 0.1) is 5.75 Å². The van der Waals surface area contributed by atoms with E-state index in [4.69, 9.17) is 0 Å². The van der Waals surface area contributed by atoms with E-state index in [1.165, 1.54) is 19.3 Å². The van der Waals surface area contributed by atoms with Gasteiger partial charge >= 0.3 is 0 Å². The Bertz CT molecular complexity index is 330. The van der Waals surface area contributed by atoms with Crippen molar-refractivity contribution in [2.45, 2.75) is 39.5 Å². The van der Waals surface area contributed by atoms with Gasteiger partial charge in [-0.3, -0.25) is 0 Å². The van der Waals surface area contributed by atoms with Crippen LogP contribution < -0.4 is 5.32 Å². The second-order valence-electron chi connectivity index (χ2n) is 5.60. The number of piperidine rings is 1. The predicted octanol–water partition coefficient (Wildman–Crippen LogP) is 1.52. The molecule has 1 aliphatic rings. The molecule has 0 amide bonds. The third-order valence-corrected chi connectivity index (χ3v) is 5.62. The van der Waals surface area contributed by atoms with E-state index in [1.54, 1.807) is 6.92 Å². The van der Waals surface area contributed by atoms with Gasteiger partial charge in [0, 0.05) is 12.3 Å². The number of sulfone groups is 1. The number of nitrogens with zero attached hydrogens (tertiary/aromatic N) is 1. The number of hydrogen-bond acceptors (Lipinski definition) is 4. The zero-order chi connectivity index (χ0) is 14.1. The monoisotopic (exact) mass is 290 g/mol. The molecule has 1 saturated heterocycles. The Kier molecular flexibility index (Phi) is 7.95. The van der Waals surface area contributed by atoms with Gasteiger partial charge in [0.1, 0.15) is 9.84 Å². The third-order valence-electron chi connectivity index (χ3n) is 3.83. The van der Waals surface area contributed by atoms with Crippen molar-refractivity contribution in [2.24, 2.45) is 5.92 Å². The van der Waals surface area contributed by atoms with Crippen LogP contribution in [0.3, 0.4) is 0 Å². The second kappa shape index (κ2) is 8.93. The summed E-state index contributed by atoms with van der Waals surface area (Å²) in [4.78, 5) is 2.44. The molecule has 1 rings (SSSR count). The topological polar surface area (TPSA) is 49.4 Å². The van der Waals surface area contributed by atoms with E-state index >= 15 is 0 Å². The minimum Gasteiger partial charge on any atom is -0.316 e. The van der Waals surface area contributed by atoms with Gasteiger partial charge in [-0.25, -0.2) is 8.42 Å². The van der Waals surface area contributed by atoms with E-state index in [9.17, 15) is 8.42 Å². The van der Waals surface area contributed by atoms with Gasteiger partial charge in [-0.05, 0) is 57.8 Å². The molecule has 0 spiro atoms. The van der Waals surface area contributed by atoms with E-state index in [0.717, 1.165) is 45.1 Å². The molecule has 0 aliphatic carbocycles. The number of nitrogens with one attached hydrogen (secondary N) is 1. The maximum absolute atomic E-state index is 11.5. The van der Waals surface area contributed by atoms with Crippen LogP contribution in [-0.2, 0) is 9.84 Å². The first kappa shape index (κ1) is 16.9. The van der Waals surface area contributed by atoms with Crippen LogP contribution in [0.25, 0.3) is 0 Å². The number of likely N-dealkylation sites (tertiary alicyclic amines) is 1. The maximum atomic E-state index is 11.5. The van der Waals surface area contributed by atoms with Gasteiger partial charge in [0.2, 0.25) is 0 Å². The van der Waals surface area contributed by atoms with E-state index in [-0.39, 0.29) is 5.75 Å². The zero-order valence-corrected chi connectivity index (χ0v) is 13.3. The van der Waals surface area contributed by atoms with Crippen molar-refractivity contribution in [3.05, 3.63) is 0 Å². The Labute approximate surface area is 118 Å². The summed E-state index contributed by atoms with van der Waals surface area (Å²) in [6, 6.07) is 0. The molecule has 4 nitrogen and oxygen atoms in total. The molecule has 1 atom stereocenters. The van der Waals surface area contributed by atoms with Gasteiger partial charge in [-0.2, -0.15) is 0 Å². The lowest BCUT2D eigenvalue weighted by atomic mass is 9.98. The molecule has 0 aromatic heterocycles. The molecule has 0 saturated carbocycles. The quantitative estimate of drug-likeness (QED) is 0.654. The minimum absolute atomic E-state index is 0.274. The third kappa shape index (κ3) is 7.28. The first-order chi connectivity index (χ1) is 9.07. The highest BCUT2D eigenvalue weighted by Crippen LogP contribution is 2.16. The summed E-state index contributed by atoms with van der Waals surface area (Å²) in [5, 5.41) is 3.49. The lowest BCUT2D eigenvalue weighted by molar-refractivity contribution is 0.173. The largest absolute Gasteiger partial charge is 0.316 e. The smallest absolute Gasteiger partial charge is 0.150 e. The fourth-order valence-electron chi connectivity index (χ4n) is 2.66. The summed E-state index contributed by atoms with van der Waals surface area (Å²) in [6.45, 7) is 9.33. The Balaban J connectivity index is 2.20. The van der Waals surface area contributed by atoms with Crippen LogP contribution in [0.1, 0.15) is 39.5 Å². The molecule has 19 heavy (non-hydrogen) atoms. The van der Waals surface area contributed by atoms with Crippen LogP contribution in [0.2, 0.25) is 0 Å². The highest BCUT2D eigenvalue weighted by molar-refractivity contribution is 7.91. The minimum atomic E-state index is -2.79. The van der Waals surface area contributed by atoms with Crippen LogP contribution in [0.5, 0.6) is 0 Å². The fraction of sp³-hybridized carbons (Fsp3) is 1.00. The molecule has 1 fully saturated rings. The molecule has 1 N–H and O–H groups in total. The van der Waals surface area contributed by atoms with Crippen molar-refractivity contribution >= 4 is 9.84 Å². The highest BCUT2D eigenvalue weighted by Gasteiger charge is 2.19. The molecular formula is C14H30N2O2S. The van der Waals surface area contributed by atoms with Crippen molar-refractivity contribution in [2.75, 3.05) is 44.2 Å². The Morgan fingerprint density at radius 2 is 2.11 bits per heavy atom. The fourth-order valence-corrected chi connectivity index (χ4v) is 3.51. The van der Waals surface area contributed by atoms with Crippen LogP contribution in [-0.4, -0.2) is 57.5 Å². The average molecular weight is 290 g/mol. The number of hydrogen-bond donors (Lipinski definition) is 1. The van der Waals surface area contributed by atoms with E-state index in [1.807, 2.05) is 0 Å². The molecule has 5 heteroatoms. The van der Waals surface area contributed by atoms with Gasteiger partial charge in [-0.15, -0.1) is 0 Å². The van der Waals surface area contributed by atoms with Crippen LogP contribution >= 0.6 is 0 Å². The lowest BCUT2D eigenvalue weighted by Crippen LogP contribution is -2.40. The summed E-state index contributed by atoms with van der Waals surface area (Å²) in [5.74, 6) is 1.36. The summed E-state index contributed by atoms with van der Waals surface area (Å²) in [7, 11) is -2.79. The van der Waals surface area contributed by atoms with E-state index in [2.05, 4.69) is 17.1 Å². The van der Waals surface area contributed by atoms with Crippen molar-refractivity contribution in [3.63, 3.8) is 0 Å². The van der Waals surface area contributed by atoms with Crippen molar-refractivity contribution in [1.29, 1.82) is 0 Å². The second-order valence-corrected chi connectivity index (χ2v) is 8.08. The maximum Gasteiger partial charge on any atom is 0.150 e. The van der Waals surface area contributed by atoms with E-state index < -0.39 is 9.84 Å². The number of rotatable bonds is 9. The summed E-state index contributed by atoms with van der Waals surface area (Å²) >= 11 is 0. The summed E-state index contributed by atoms with van der Waals surface area (Å²) < 4.78 is 22.9. The molecule has 0 aromatic carbocycles. The van der Waals surface area contributed by atoms with Crippen LogP contribution in [0, 0.1) is 5.92 Å². The lowest BCUT2D eigenvalue weighted by Gasteiger charge is -2.32. The van der Waals surface area contributed by atoms with Crippen LogP contribution in [0.4, 0.5) is 0 Å². The van der Waals surface area contributed by atoms with Gasteiger partial charge in [-0.1, -0.05) is 13.8 Å². The van der Waals surface area contributed by atoms with Gasteiger partial charge in [0.25, 0.3) is 0 Å². The first-order valence-electron chi connectivity index (χ1n) is 7.71. The Hall–Kier alpha value is -0.130. The average Bonchev–Trinajstić information content (AvgIpc) is 2.39. The molecule has 0 aromatic rings. The zero-order valence-electron chi connectivity index (χ0n) is 12.5. The first-order valence-corrected chi connectivity index (χ1v) is 9.53. The normalized spacial score (nSPS) is 21.7. The van der Waals surface area contributed by atoms with E-state index in [0.29, 0.717) is 5.75 Å².